The molecule has 5 aliphatic carbocycles. The molecule has 0 aromatic heterocycles. The maximum absolute atomic E-state index is 8.21. The molecule has 2 aromatic carbocycles. The third kappa shape index (κ3) is 4.33. The molecule has 140 valence electrons. The molecule has 2 heteroatoms. The molecule has 4 saturated carbocycles. The van der Waals surface area contributed by atoms with Crippen LogP contribution >= 0.6 is 0 Å². The number of hydrogen-bond acceptors (Lipinski definition) is 0. The van der Waals surface area contributed by atoms with Crippen LogP contribution in [-0.2, 0) is 32.6 Å². The van der Waals surface area contributed by atoms with Crippen molar-refractivity contribution < 1.29 is 26.2 Å². The van der Waals surface area contributed by atoms with E-state index in [1.54, 1.807) is 0 Å². The van der Waals surface area contributed by atoms with Gasteiger partial charge < -0.3 is 20.6 Å². The fraction of sp³-hybridized carbons (Fsp3) is 0.440. The largest absolute Gasteiger partial charge is 4.00 e. The number of hydrogen-bond donors (Lipinski definition) is 0. The van der Waals surface area contributed by atoms with Gasteiger partial charge in [0.25, 0.3) is 0 Å². The molecule has 0 saturated heterocycles. The first-order chi connectivity index (χ1) is 11.7. The van der Waals surface area contributed by atoms with Gasteiger partial charge in [0.15, 0.2) is 0 Å². The standard InChI is InChI=1S/C13H9.C10H16N.2CH3.Zr/c1-3-7-12-10(5-1)9-11-6-2-4-8-13(11)12;11-10-4-7-1-8(5-10)3-9(2-7)6-10;;;/h1-5,7-8H,9H2;7-9,11H,1-6H2;2*1H3;/q4*-1;+4. The third-order valence-corrected chi connectivity index (χ3v) is 6.65. The molecule has 0 atom stereocenters. The molecule has 5 aliphatic rings. The van der Waals surface area contributed by atoms with Gasteiger partial charge >= 0.3 is 26.2 Å². The molecule has 0 heterocycles. The summed E-state index contributed by atoms with van der Waals surface area (Å²) in [6.07, 6.45) is 9.16. The number of rotatable bonds is 0. The van der Waals surface area contributed by atoms with E-state index < -0.39 is 0 Å². The molecule has 4 bridgehead atoms. The van der Waals surface area contributed by atoms with Gasteiger partial charge in [0.2, 0.25) is 0 Å². The van der Waals surface area contributed by atoms with E-state index >= 15 is 0 Å². The summed E-state index contributed by atoms with van der Waals surface area (Å²) in [5.41, 5.74) is 13.8. The number of nitrogens with one attached hydrogen (secondary N) is 1. The monoisotopic (exact) mass is 435 g/mol. The third-order valence-electron chi connectivity index (χ3n) is 6.65. The minimum atomic E-state index is 0. The second-order valence-electron chi connectivity index (χ2n) is 8.59. The van der Waals surface area contributed by atoms with Crippen LogP contribution in [0.25, 0.3) is 16.9 Å². The smallest absolute Gasteiger partial charge is 0.672 e. The Morgan fingerprint density at radius 2 is 1.37 bits per heavy atom. The van der Waals surface area contributed by atoms with Crippen molar-refractivity contribution in [1.29, 1.82) is 0 Å². The van der Waals surface area contributed by atoms with Crippen LogP contribution in [0, 0.1) is 38.7 Å². The molecular formula is C25H31NZr. The second kappa shape index (κ2) is 8.75. The first kappa shape index (κ1) is 22.6. The van der Waals surface area contributed by atoms with Gasteiger partial charge in [-0.3, -0.25) is 0 Å². The number of fused-ring (bicyclic) bond motifs is 3. The van der Waals surface area contributed by atoms with E-state index in [-0.39, 0.29) is 46.6 Å². The molecule has 0 unspecified atom stereocenters. The Kier molecular flexibility index (Phi) is 7.31. The van der Waals surface area contributed by atoms with E-state index in [0.717, 1.165) is 24.2 Å². The Morgan fingerprint density at radius 1 is 0.815 bits per heavy atom. The van der Waals surface area contributed by atoms with Gasteiger partial charge in [0.1, 0.15) is 0 Å². The summed E-state index contributed by atoms with van der Waals surface area (Å²) in [5, 5.41) is 0. The fourth-order valence-corrected chi connectivity index (χ4v) is 6.11. The van der Waals surface area contributed by atoms with E-state index in [2.05, 4.69) is 42.5 Å². The SMILES string of the molecule is [CH3-].[CH3-].[NH-]C12CC3CC(CC(C3)C1)C2.[Zr+4].[c-]1cccc2c1Cc1ccccc1-2. The van der Waals surface area contributed by atoms with Crippen molar-refractivity contribution in [1.82, 2.24) is 0 Å². The molecule has 1 N–H and O–H groups in total. The molecule has 0 amide bonds. The van der Waals surface area contributed by atoms with Crippen molar-refractivity contribution in [3.8, 4) is 11.1 Å². The summed E-state index contributed by atoms with van der Waals surface area (Å²) in [4.78, 5) is 0. The predicted molar refractivity (Wildman–Crippen MR) is 112 cm³/mol. The fourth-order valence-electron chi connectivity index (χ4n) is 6.11. The van der Waals surface area contributed by atoms with E-state index in [1.807, 2.05) is 6.07 Å². The summed E-state index contributed by atoms with van der Waals surface area (Å²) in [7, 11) is 0. The van der Waals surface area contributed by atoms with Gasteiger partial charge in [-0.2, -0.15) is 29.8 Å². The van der Waals surface area contributed by atoms with Crippen molar-refractivity contribution in [3.63, 3.8) is 0 Å². The zero-order valence-electron chi connectivity index (χ0n) is 16.7. The summed E-state index contributed by atoms with van der Waals surface area (Å²) in [6, 6.07) is 18.1. The van der Waals surface area contributed by atoms with Crippen LogP contribution in [0.3, 0.4) is 0 Å². The molecule has 27 heavy (non-hydrogen) atoms. The maximum atomic E-state index is 8.21. The van der Waals surface area contributed by atoms with E-state index in [9.17, 15) is 0 Å². The first-order valence-corrected chi connectivity index (χ1v) is 9.51. The minimum Gasteiger partial charge on any atom is -0.672 e. The zero-order valence-corrected chi connectivity index (χ0v) is 19.2. The van der Waals surface area contributed by atoms with E-state index in [0.29, 0.717) is 0 Å². The van der Waals surface area contributed by atoms with Crippen LogP contribution in [0.5, 0.6) is 0 Å². The average Bonchev–Trinajstić information content (AvgIpc) is 2.92. The Labute approximate surface area is 185 Å². The summed E-state index contributed by atoms with van der Waals surface area (Å²) < 4.78 is 0. The van der Waals surface area contributed by atoms with Gasteiger partial charge in [0.05, 0.1) is 0 Å². The Hall–Kier alpha value is -0.717. The van der Waals surface area contributed by atoms with Crippen LogP contribution in [0.2, 0.25) is 0 Å². The normalized spacial score (nSPS) is 30.5. The molecule has 2 aromatic rings. The molecule has 4 fully saturated rings. The predicted octanol–water partition coefficient (Wildman–Crippen LogP) is 6.96. The van der Waals surface area contributed by atoms with Gasteiger partial charge in [0, 0.05) is 0 Å². The summed E-state index contributed by atoms with van der Waals surface area (Å²) >= 11 is 0. The second-order valence-corrected chi connectivity index (χ2v) is 8.59. The Bertz CT molecular complexity index is 688. The van der Waals surface area contributed by atoms with Crippen molar-refractivity contribution in [3.05, 3.63) is 80.2 Å². The molecule has 0 spiro atoms. The van der Waals surface area contributed by atoms with Crippen molar-refractivity contribution in [2.24, 2.45) is 17.8 Å². The molecule has 0 radical (unpaired) electrons. The van der Waals surface area contributed by atoms with Crippen LogP contribution in [0.4, 0.5) is 0 Å². The molecular weight excluding hydrogens is 406 g/mol. The first-order valence-electron chi connectivity index (χ1n) is 9.51. The van der Waals surface area contributed by atoms with Crippen LogP contribution in [0.1, 0.15) is 49.7 Å². The summed E-state index contributed by atoms with van der Waals surface area (Å²) in [6.45, 7) is 0. The molecule has 0 aliphatic heterocycles. The Morgan fingerprint density at radius 3 is 1.96 bits per heavy atom. The van der Waals surface area contributed by atoms with Gasteiger partial charge in [-0.05, 0) is 43.4 Å². The average molecular weight is 437 g/mol. The van der Waals surface area contributed by atoms with Gasteiger partial charge in [-0.25, -0.2) is 0 Å². The number of benzene rings is 2. The minimum absolute atomic E-state index is 0. The van der Waals surface area contributed by atoms with Gasteiger partial charge in [-0.1, -0.05) is 54.7 Å². The van der Waals surface area contributed by atoms with Crippen molar-refractivity contribution in [2.75, 3.05) is 0 Å². The zero-order chi connectivity index (χ0) is 16.1. The van der Waals surface area contributed by atoms with Crippen LogP contribution in [0.15, 0.2) is 42.5 Å². The Balaban J connectivity index is 0.000000176. The van der Waals surface area contributed by atoms with Crippen molar-refractivity contribution >= 4 is 0 Å². The topological polar surface area (TPSA) is 23.8 Å². The summed E-state index contributed by atoms with van der Waals surface area (Å²) in [5.74, 6) is 2.87. The maximum Gasteiger partial charge on any atom is 4.00 e. The van der Waals surface area contributed by atoms with Crippen LogP contribution in [-0.4, -0.2) is 5.54 Å². The quantitative estimate of drug-likeness (QED) is 0.340. The molecule has 1 nitrogen and oxygen atoms in total. The van der Waals surface area contributed by atoms with E-state index in [4.69, 9.17) is 5.73 Å². The van der Waals surface area contributed by atoms with Gasteiger partial charge in [-0.15, -0.1) is 11.1 Å². The van der Waals surface area contributed by atoms with E-state index in [1.165, 1.54) is 60.8 Å². The van der Waals surface area contributed by atoms with Crippen molar-refractivity contribution in [2.45, 2.75) is 50.5 Å². The van der Waals surface area contributed by atoms with Crippen LogP contribution < -0.4 is 0 Å². The molecule has 7 rings (SSSR count).